The molecule has 1 unspecified atom stereocenters. The number of hydrogen-bond donors (Lipinski definition) is 1. The molecule has 0 aliphatic heterocycles. The van der Waals surface area contributed by atoms with Crippen molar-refractivity contribution in [3.63, 3.8) is 0 Å². The van der Waals surface area contributed by atoms with Crippen molar-refractivity contribution in [3.05, 3.63) is 58.7 Å². The molecular formula is C14H17N3. The van der Waals surface area contributed by atoms with Crippen molar-refractivity contribution >= 4 is 0 Å². The number of hydrogen-bond acceptors (Lipinski definition) is 3. The van der Waals surface area contributed by atoms with E-state index in [1.54, 1.807) is 12.4 Å². The van der Waals surface area contributed by atoms with Crippen molar-refractivity contribution in [1.82, 2.24) is 9.97 Å². The van der Waals surface area contributed by atoms with Crippen LogP contribution < -0.4 is 5.73 Å². The lowest BCUT2D eigenvalue weighted by Crippen LogP contribution is -2.16. The Kier molecular flexibility index (Phi) is 3.20. The van der Waals surface area contributed by atoms with Crippen LogP contribution in [0.3, 0.4) is 0 Å². The van der Waals surface area contributed by atoms with Crippen LogP contribution in [0.2, 0.25) is 0 Å². The number of aromatic nitrogens is 2. The minimum atomic E-state index is -0.254. The molecule has 0 spiro atoms. The molecule has 0 radical (unpaired) electrons. The summed E-state index contributed by atoms with van der Waals surface area (Å²) in [5.74, 6) is 0.671. The topological polar surface area (TPSA) is 51.8 Å². The second kappa shape index (κ2) is 4.63. The van der Waals surface area contributed by atoms with Crippen LogP contribution in [0, 0.1) is 20.8 Å². The Labute approximate surface area is 102 Å². The molecule has 1 aromatic carbocycles. The summed E-state index contributed by atoms with van der Waals surface area (Å²) in [4.78, 5) is 8.58. The normalized spacial score (nSPS) is 12.5. The molecule has 0 saturated carbocycles. The maximum absolute atomic E-state index is 6.21. The molecule has 0 amide bonds. The highest BCUT2D eigenvalue weighted by Gasteiger charge is 2.13. The SMILES string of the molecule is Cc1cnc(C(N)c2cc(C)ccc2C)nc1. The Balaban J connectivity index is 2.39. The minimum Gasteiger partial charge on any atom is -0.318 e. The second-order valence-electron chi connectivity index (χ2n) is 4.46. The fourth-order valence-electron chi connectivity index (χ4n) is 1.80. The number of benzene rings is 1. The van der Waals surface area contributed by atoms with E-state index in [-0.39, 0.29) is 6.04 Å². The fourth-order valence-corrected chi connectivity index (χ4v) is 1.80. The van der Waals surface area contributed by atoms with Crippen LogP contribution >= 0.6 is 0 Å². The van der Waals surface area contributed by atoms with Gasteiger partial charge in [0.05, 0.1) is 6.04 Å². The van der Waals surface area contributed by atoms with Gasteiger partial charge in [0.25, 0.3) is 0 Å². The predicted octanol–water partition coefficient (Wildman–Crippen LogP) is 2.45. The smallest absolute Gasteiger partial charge is 0.149 e. The molecule has 3 heteroatoms. The molecule has 3 nitrogen and oxygen atoms in total. The lowest BCUT2D eigenvalue weighted by molar-refractivity contribution is 0.771. The lowest BCUT2D eigenvalue weighted by Gasteiger charge is -2.14. The maximum Gasteiger partial charge on any atom is 0.149 e. The third kappa shape index (κ3) is 2.50. The van der Waals surface area contributed by atoms with Crippen LogP contribution in [0.1, 0.15) is 34.1 Å². The maximum atomic E-state index is 6.21. The molecule has 0 aliphatic rings. The number of nitrogens with two attached hydrogens (primary N) is 1. The highest BCUT2D eigenvalue weighted by atomic mass is 14.9. The summed E-state index contributed by atoms with van der Waals surface area (Å²) in [6, 6.07) is 6.01. The summed E-state index contributed by atoms with van der Waals surface area (Å²) in [6.45, 7) is 6.09. The summed E-state index contributed by atoms with van der Waals surface area (Å²) >= 11 is 0. The van der Waals surface area contributed by atoms with Gasteiger partial charge in [0, 0.05) is 12.4 Å². The Hall–Kier alpha value is -1.74. The van der Waals surface area contributed by atoms with E-state index in [4.69, 9.17) is 5.73 Å². The lowest BCUT2D eigenvalue weighted by atomic mass is 9.99. The van der Waals surface area contributed by atoms with Gasteiger partial charge in [-0.05, 0) is 37.5 Å². The van der Waals surface area contributed by atoms with Gasteiger partial charge in [-0.25, -0.2) is 9.97 Å². The summed E-state index contributed by atoms with van der Waals surface area (Å²) in [6.07, 6.45) is 3.60. The number of rotatable bonds is 2. The molecule has 0 saturated heterocycles. The van der Waals surface area contributed by atoms with Crippen LogP contribution in [0.4, 0.5) is 0 Å². The van der Waals surface area contributed by atoms with Gasteiger partial charge >= 0.3 is 0 Å². The quantitative estimate of drug-likeness (QED) is 0.857. The van der Waals surface area contributed by atoms with Gasteiger partial charge in [0.1, 0.15) is 5.82 Å². The fraction of sp³-hybridized carbons (Fsp3) is 0.286. The standard InChI is InChI=1S/C14H17N3/c1-9-4-5-11(3)12(6-9)13(15)14-16-7-10(2)8-17-14/h4-8,13H,15H2,1-3H3. The van der Waals surface area contributed by atoms with E-state index in [1.807, 2.05) is 6.92 Å². The second-order valence-corrected chi connectivity index (χ2v) is 4.46. The largest absolute Gasteiger partial charge is 0.318 e. The minimum absolute atomic E-state index is 0.254. The number of aryl methyl sites for hydroxylation is 3. The molecule has 1 heterocycles. The van der Waals surface area contributed by atoms with E-state index in [9.17, 15) is 0 Å². The van der Waals surface area contributed by atoms with Gasteiger partial charge in [-0.2, -0.15) is 0 Å². The van der Waals surface area contributed by atoms with Gasteiger partial charge in [0.15, 0.2) is 0 Å². The molecule has 0 bridgehead atoms. The van der Waals surface area contributed by atoms with E-state index in [2.05, 4.69) is 42.0 Å². The highest BCUT2D eigenvalue weighted by molar-refractivity contribution is 5.35. The average Bonchev–Trinajstić information content (AvgIpc) is 2.32. The van der Waals surface area contributed by atoms with Gasteiger partial charge in [-0.3, -0.25) is 0 Å². The Morgan fingerprint density at radius 3 is 2.29 bits per heavy atom. The molecule has 1 aromatic heterocycles. The van der Waals surface area contributed by atoms with Crippen molar-refractivity contribution in [1.29, 1.82) is 0 Å². The van der Waals surface area contributed by atoms with E-state index in [0.717, 1.165) is 11.1 Å². The summed E-state index contributed by atoms with van der Waals surface area (Å²) in [5.41, 5.74) is 10.7. The first kappa shape index (κ1) is 11.7. The summed E-state index contributed by atoms with van der Waals surface area (Å²) in [7, 11) is 0. The molecular weight excluding hydrogens is 210 g/mol. The molecule has 0 aliphatic carbocycles. The zero-order valence-corrected chi connectivity index (χ0v) is 10.4. The van der Waals surface area contributed by atoms with Crippen molar-refractivity contribution in [2.75, 3.05) is 0 Å². The monoisotopic (exact) mass is 227 g/mol. The zero-order valence-electron chi connectivity index (χ0n) is 10.4. The van der Waals surface area contributed by atoms with Gasteiger partial charge in [0.2, 0.25) is 0 Å². The third-order valence-electron chi connectivity index (χ3n) is 2.85. The Morgan fingerprint density at radius 2 is 1.65 bits per heavy atom. The molecule has 2 N–H and O–H groups in total. The molecule has 1 atom stereocenters. The first-order valence-electron chi connectivity index (χ1n) is 5.69. The average molecular weight is 227 g/mol. The molecule has 2 rings (SSSR count). The highest BCUT2D eigenvalue weighted by Crippen LogP contribution is 2.21. The van der Waals surface area contributed by atoms with Crippen LogP contribution in [0.5, 0.6) is 0 Å². The molecule has 2 aromatic rings. The van der Waals surface area contributed by atoms with E-state index in [0.29, 0.717) is 5.82 Å². The summed E-state index contributed by atoms with van der Waals surface area (Å²) in [5, 5.41) is 0. The van der Waals surface area contributed by atoms with Gasteiger partial charge < -0.3 is 5.73 Å². The van der Waals surface area contributed by atoms with Crippen molar-refractivity contribution in [2.24, 2.45) is 5.73 Å². The first-order valence-corrected chi connectivity index (χ1v) is 5.69. The summed E-state index contributed by atoms with van der Waals surface area (Å²) < 4.78 is 0. The van der Waals surface area contributed by atoms with Gasteiger partial charge in [-0.1, -0.05) is 23.8 Å². The van der Waals surface area contributed by atoms with Crippen LogP contribution in [-0.2, 0) is 0 Å². The van der Waals surface area contributed by atoms with E-state index < -0.39 is 0 Å². The Morgan fingerprint density at radius 1 is 1.00 bits per heavy atom. The van der Waals surface area contributed by atoms with Crippen LogP contribution in [0.15, 0.2) is 30.6 Å². The molecule has 17 heavy (non-hydrogen) atoms. The van der Waals surface area contributed by atoms with Crippen molar-refractivity contribution in [3.8, 4) is 0 Å². The zero-order chi connectivity index (χ0) is 12.4. The van der Waals surface area contributed by atoms with Gasteiger partial charge in [-0.15, -0.1) is 0 Å². The number of nitrogens with zero attached hydrogens (tertiary/aromatic N) is 2. The third-order valence-corrected chi connectivity index (χ3v) is 2.85. The first-order chi connectivity index (χ1) is 8.08. The molecule has 88 valence electrons. The molecule has 0 fully saturated rings. The van der Waals surface area contributed by atoms with Crippen molar-refractivity contribution in [2.45, 2.75) is 26.8 Å². The predicted molar refractivity (Wildman–Crippen MR) is 68.7 cm³/mol. The van der Waals surface area contributed by atoms with Crippen LogP contribution in [0.25, 0.3) is 0 Å². The van der Waals surface area contributed by atoms with Crippen LogP contribution in [-0.4, -0.2) is 9.97 Å². The van der Waals surface area contributed by atoms with E-state index >= 15 is 0 Å². The van der Waals surface area contributed by atoms with Crippen molar-refractivity contribution < 1.29 is 0 Å². The Bertz CT molecular complexity index is 517. The van der Waals surface area contributed by atoms with E-state index in [1.165, 1.54) is 11.1 Å².